The number of nitrogens with one attached hydrogen (secondary N) is 1. The molecular weight excluding hydrogens is 321 g/mol. The summed E-state index contributed by atoms with van der Waals surface area (Å²) >= 11 is 3.25. The quantitative estimate of drug-likeness (QED) is 0.813. The van der Waals surface area contributed by atoms with Gasteiger partial charge in [-0.05, 0) is 49.7 Å². The summed E-state index contributed by atoms with van der Waals surface area (Å²) in [7, 11) is 0. The van der Waals surface area contributed by atoms with E-state index >= 15 is 0 Å². The van der Waals surface area contributed by atoms with Crippen molar-refractivity contribution in [1.82, 2.24) is 0 Å². The van der Waals surface area contributed by atoms with E-state index in [0.717, 1.165) is 15.8 Å². The minimum atomic E-state index is -0.267. The number of hydrogen-bond acceptors (Lipinski definition) is 2. The van der Waals surface area contributed by atoms with Gasteiger partial charge in [0, 0.05) is 10.5 Å². The molecule has 4 heteroatoms. The predicted molar refractivity (Wildman–Crippen MR) is 83.7 cm³/mol. The Morgan fingerprint density at radius 2 is 1.90 bits per heavy atom. The maximum absolute atomic E-state index is 13.8. The highest BCUT2D eigenvalue weighted by Gasteiger charge is 2.09. The number of ether oxygens (including phenoxy) is 1. The Balaban J connectivity index is 2.09. The van der Waals surface area contributed by atoms with Gasteiger partial charge in [-0.1, -0.05) is 28.1 Å². The van der Waals surface area contributed by atoms with E-state index in [9.17, 15) is 4.39 Å². The van der Waals surface area contributed by atoms with Crippen LogP contribution < -0.4 is 10.1 Å². The highest BCUT2D eigenvalue weighted by molar-refractivity contribution is 9.10. The first kappa shape index (κ1) is 14.9. The van der Waals surface area contributed by atoms with Gasteiger partial charge >= 0.3 is 0 Å². The molecule has 0 heterocycles. The Labute approximate surface area is 127 Å². The van der Waals surface area contributed by atoms with E-state index in [-0.39, 0.29) is 11.9 Å². The van der Waals surface area contributed by atoms with Gasteiger partial charge in [-0.15, -0.1) is 0 Å². The smallest absolute Gasteiger partial charge is 0.147 e. The van der Waals surface area contributed by atoms with E-state index in [1.54, 1.807) is 6.07 Å². The Bertz CT molecular complexity index is 571. The van der Waals surface area contributed by atoms with Crippen LogP contribution in [0.1, 0.15) is 25.5 Å². The fourth-order valence-corrected chi connectivity index (χ4v) is 2.28. The third-order valence-electron chi connectivity index (χ3n) is 2.99. The third kappa shape index (κ3) is 3.73. The van der Waals surface area contributed by atoms with Crippen LogP contribution in [0.3, 0.4) is 0 Å². The van der Waals surface area contributed by atoms with Crippen molar-refractivity contribution in [2.45, 2.75) is 19.9 Å². The van der Waals surface area contributed by atoms with Crippen molar-refractivity contribution in [3.8, 4) is 5.75 Å². The van der Waals surface area contributed by atoms with Crippen LogP contribution in [-0.4, -0.2) is 6.61 Å². The van der Waals surface area contributed by atoms with Gasteiger partial charge in [-0.3, -0.25) is 0 Å². The molecule has 106 valence electrons. The zero-order valence-corrected chi connectivity index (χ0v) is 13.1. The van der Waals surface area contributed by atoms with Gasteiger partial charge in [0.25, 0.3) is 0 Å². The molecule has 0 aliphatic rings. The minimum absolute atomic E-state index is 0.0151. The summed E-state index contributed by atoms with van der Waals surface area (Å²) in [6.45, 7) is 4.60. The summed E-state index contributed by atoms with van der Waals surface area (Å²) in [6, 6.07) is 12.8. The van der Waals surface area contributed by atoms with Crippen LogP contribution in [0.15, 0.2) is 46.9 Å². The van der Waals surface area contributed by atoms with Gasteiger partial charge in [0.15, 0.2) is 0 Å². The van der Waals surface area contributed by atoms with Crippen molar-refractivity contribution < 1.29 is 9.13 Å². The lowest BCUT2D eigenvalue weighted by atomic mass is 10.1. The lowest BCUT2D eigenvalue weighted by Gasteiger charge is -2.17. The molecular formula is C16H17BrFNO. The highest BCUT2D eigenvalue weighted by atomic mass is 79.9. The fraction of sp³-hybridized carbons (Fsp3) is 0.250. The van der Waals surface area contributed by atoms with E-state index in [1.165, 1.54) is 6.07 Å². The Kier molecular flexibility index (Phi) is 5.01. The van der Waals surface area contributed by atoms with Crippen LogP contribution in [0.4, 0.5) is 10.1 Å². The molecule has 0 aliphatic heterocycles. The molecule has 0 aromatic heterocycles. The molecule has 20 heavy (non-hydrogen) atoms. The highest BCUT2D eigenvalue weighted by Crippen LogP contribution is 2.25. The predicted octanol–water partition coefficient (Wildman–Crippen LogP) is 5.16. The third-order valence-corrected chi connectivity index (χ3v) is 3.49. The van der Waals surface area contributed by atoms with E-state index in [0.29, 0.717) is 12.3 Å². The average Bonchev–Trinajstić information content (AvgIpc) is 2.43. The van der Waals surface area contributed by atoms with Gasteiger partial charge in [0.1, 0.15) is 11.6 Å². The summed E-state index contributed by atoms with van der Waals surface area (Å²) < 4.78 is 19.9. The molecule has 2 aromatic carbocycles. The lowest BCUT2D eigenvalue weighted by Crippen LogP contribution is -2.08. The molecule has 0 fully saturated rings. The Hall–Kier alpha value is -1.55. The molecule has 0 radical (unpaired) electrons. The van der Waals surface area contributed by atoms with Crippen LogP contribution in [0.5, 0.6) is 5.75 Å². The standard InChI is InChI=1S/C16H17BrFNO/c1-3-20-14-7-4-12(5-8-14)11(2)19-16-9-6-13(17)10-15(16)18/h4-11,19H,3H2,1-2H3. The molecule has 1 atom stereocenters. The molecule has 0 saturated heterocycles. The van der Waals surface area contributed by atoms with Crippen molar-refractivity contribution in [2.75, 3.05) is 11.9 Å². The van der Waals surface area contributed by atoms with Crippen LogP contribution in [0.2, 0.25) is 0 Å². The Morgan fingerprint density at radius 1 is 1.20 bits per heavy atom. The van der Waals surface area contributed by atoms with Gasteiger partial charge in [0.2, 0.25) is 0 Å². The van der Waals surface area contributed by atoms with E-state index in [4.69, 9.17) is 4.74 Å². The van der Waals surface area contributed by atoms with Gasteiger partial charge < -0.3 is 10.1 Å². The SMILES string of the molecule is CCOc1ccc(C(C)Nc2ccc(Br)cc2F)cc1. The molecule has 0 saturated carbocycles. The number of anilines is 1. The average molecular weight is 338 g/mol. The number of benzene rings is 2. The van der Waals surface area contributed by atoms with E-state index in [2.05, 4.69) is 21.2 Å². The van der Waals surface area contributed by atoms with Crippen molar-refractivity contribution in [3.63, 3.8) is 0 Å². The summed E-state index contributed by atoms with van der Waals surface area (Å²) in [5.41, 5.74) is 1.57. The van der Waals surface area contributed by atoms with Gasteiger partial charge in [0.05, 0.1) is 12.3 Å². The van der Waals surface area contributed by atoms with Crippen molar-refractivity contribution in [3.05, 3.63) is 58.3 Å². The monoisotopic (exact) mass is 337 g/mol. The van der Waals surface area contributed by atoms with Crippen LogP contribution in [0.25, 0.3) is 0 Å². The zero-order chi connectivity index (χ0) is 14.5. The molecule has 0 amide bonds. The van der Waals surface area contributed by atoms with Crippen LogP contribution in [0, 0.1) is 5.82 Å². The van der Waals surface area contributed by atoms with Gasteiger partial charge in [-0.25, -0.2) is 4.39 Å². The molecule has 2 rings (SSSR count). The van der Waals surface area contributed by atoms with E-state index in [1.807, 2.05) is 44.2 Å². The maximum atomic E-state index is 13.8. The lowest BCUT2D eigenvalue weighted by molar-refractivity contribution is 0.340. The maximum Gasteiger partial charge on any atom is 0.147 e. The molecule has 1 unspecified atom stereocenters. The summed E-state index contributed by atoms with van der Waals surface area (Å²) in [6.07, 6.45) is 0. The van der Waals surface area contributed by atoms with Crippen LogP contribution >= 0.6 is 15.9 Å². The second-order valence-electron chi connectivity index (χ2n) is 4.49. The normalized spacial score (nSPS) is 12.0. The topological polar surface area (TPSA) is 21.3 Å². The Morgan fingerprint density at radius 3 is 2.50 bits per heavy atom. The zero-order valence-electron chi connectivity index (χ0n) is 11.5. The second-order valence-corrected chi connectivity index (χ2v) is 5.41. The van der Waals surface area contributed by atoms with Crippen LogP contribution in [-0.2, 0) is 0 Å². The molecule has 0 aliphatic carbocycles. The molecule has 0 bridgehead atoms. The largest absolute Gasteiger partial charge is 0.494 e. The number of hydrogen-bond donors (Lipinski definition) is 1. The summed E-state index contributed by atoms with van der Waals surface area (Å²) in [4.78, 5) is 0. The first-order chi connectivity index (χ1) is 9.60. The van der Waals surface area contributed by atoms with Crippen molar-refractivity contribution >= 4 is 21.6 Å². The number of rotatable bonds is 5. The second kappa shape index (κ2) is 6.75. The summed E-state index contributed by atoms with van der Waals surface area (Å²) in [5.74, 6) is 0.579. The minimum Gasteiger partial charge on any atom is -0.494 e. The molecule has 2 aromatic rings. The molecule has 0 spiro atoms. The van der Waals surface area contributed by atoms with Crippen molar-refractivity contribution in [1.29, 1.82) is 0 Å². The fourth-order valence-electron chi connectivity index (χ4n) is 1.94. The molecule has 2 nitrogen and oxygen atoms in total. The first-order valence-electron chi connectivity index (χ1n) is 6.54. The van der Waals surface area contributed by atoms with Crippen molar-refractivity contribution in [2.24, 2.45) is 0 Å². The first-order valence-corrected chi connectivity index (χ1v) is 7.33. The summed E-state index contributed by atoms with van der Waals surface area (Å²) in [5, 5.41) is 3.17. The number of halogens is 2. The molecule has 1 N–H and O–H groups in total. The van der Waals surface area contributed by atoms with Gasteiger partial charge in [-0.2, -0.15) is 0 Å². The van der Waals surface area contributed by atoms with E-state index < -0.39 is 0 Å².